The Balaban J connectivity index is 1.92. The van der Waals surface area contributed by atoms with Gasteiger partial charge in [0, 0.05) is 57.4 Å². The van der Waals surface area contributed by atoms with Crippen LogP contribution in [-0.4, -0.2) is 49.7 Å². The summed E-state index contributed by atoms with van der Waals surface area (Å²) in [5, 5.41) is 4.55. The van der Waals surface area contributed by atoms with Crippen LogP contribution in [-0.2, 0) is 6.54 Å². The van der Waals surface area contributed by atoms with Crippen molar-refractivity contribution >= 4 is 16.5 Å². The third-order valence-corrected chi connectivity index (χ3v) is 3.91. The first-order valence-electron chi connectivity index (χ1n) is 5.73. The lowest BCUT2D eigenvalue weighted by Crippen LogP contribution is -2.48. The van der Waals surface area contributed by atoms with Gasteiger partial charge in [0.15, 0.2) is 5.13 Å². The molecule has 2 heterocycles. The lowest BCUT2D eigenvalue weighted by Gasteiger charge is -2.31. The second-order valence-corrected chi connectivity index (χ2v) is 5.69. The number of anilines is 1. The molecule has 0 unspecified atom stereocenters. The van der Waals surface area contributed by atoms with E-state index in [2.05, 4.69) is 27.0 Å². The van der Waals surface area contributed by atoms with Gasteiger partial charge in [0.2, 0.25) is 0 Å². The second-order valence-electron chi connectivity index (χ2n) is 4.59. The molecule has 1 N–H and O–H groups in total. The Morgan fingerprint density at radius 2 is 2.44 bits per heavy atom. The molecule has 0 saturated carbocycles. The smallest absolute Gasteiger partial charge is 0.185 e. The normalized spacial score (nSPS) is 22.3. The van der Waals surface area contributed by atoms with Crippen LogP contribution in [0.15, 0.2) is 6.20 Å². The van der Waals surface area contributed by atoms with Crippen molar-refractivity contribution in [2.45, 2.75) is 19.5 Å². The Kier molecular flexibility index (Phi) is 3.78. The van der Waals surface area contributed by atoms with E-state index in [1.807, 2.05) is 20.3 Å². The van der Waals surface area contributed by atoms with Crippen molar-refractivity contribution in [3.63, 3.8) is 0 Å². The van der Waals surface area contributed by atoms with Crippen LogP contribution in [0.1, 0.15) is 11.8 Å². The second kappa shape index (κ2) is 5.12. The summed E-state index contributed by atoms with van der Waals surface area (Å²) in [5.74, 6) is 0. The molecule has 0 amide bonds. The van der Waals surface area contributed by atoms with Gasteiger partial charge in [-0.2, -0.15) is 0 Å². The van der Waals surface area contributed by atoms with Gasteiger partial charge >= 0.3 is 0 Å². The van der Waals surface area contributed by atoms with E-state index < -0.39 is 0 Å². The van der Waals surface area contributed by atoms with E-state index in [0.717, 1.165) is 31.3 Å². The molecule has 90 valence electrons. The van der Waals surface area contributed by atoms with E-state index in [0.29, 0.717) is 6.04 Å². The van der Waals surface area contributed by atoms with Crippen molar-refractivity contribution in [3.05, 3.63) is 11.1 Å². The van der Waals surface area contributed by atoms with Crippen LogP contribution < -0.4 is 10.2 Å². The zero-order chi connectivity index (χ0) is 11.5. The van der Waals surface area contributed by atoms with E-state index in [1.165, 1.54) is 4.88 Å². The van der Waals surface area contributed by atoms with E-state index in [4.69, 9.17) is 0 Å². The number of piperazine rings is 1. The van der Waals surface area contributed by atoms with Crippen LogP contribution in [0.4, 0.5) is 5.13 Å². The average Bonchev–Trinajstić information content (AvgIpc) is 2.66. The summed E-state index contributed by atoms with van der Waals surface area (Å²) in [5.41, 5.74) is 0. The van der Waals surface area contributed by atoms with Crippen molar-refractivity contribution in [2.75, 3.05) is 38.6 Å². The van der Waals surface area contributed by atoms with E-state index >= 15 is 0 Å². The van der Waals surface area contributed by atoms with Gasteiger partial charge < -0.3 is 10.2 Å². The van der Waals surface area contributed by atoms with Crippen molar-refractivity contribution in [1.29, 1.82) is 0 Å². The molecule has 1 atom stereocenters. The largest absolute Gasteiger partial charge is 0.354 e. The molecule has 0 aromatic carbocycles. The minimum Gasteiger partial charge on any atom is -0.354 e. The third-order valence-electron chi connectivity index (χ3n) is 2.76. The predicted molar refractivity (Wildman–Crippen MR) is 69.2 cm³/mol. The lowest BCUT2D eigenvalue weighted by molar-refractivity contribution is 0.201. The highest BCUT2D eigenvalue weighted by atomic mass is 32.1. The highest BCUT2D eigenvalue weighted by Gasteiger charge is 2.16. The monoisotopic (exact) mass is 240 g/mol. The number of nitrogens with one attached hydrogen (secondary N) is 1. The van der Waals surface area contributed by atoms with Gasteiger partial charge in [0.25, 0.3) is 0 Å². The summed E-state index contributed by atoms with van der Waals surface area (Å²) in [6, 6.07) is 0.606. The highest BCUT2D eigenvalue weighted by Crippen LogP contribution is 2.21. The van der Waals surface area contributed by atoms with Gasteiger partial charge in [-0.1, -0.05) is 0 Å². The van der Waals surface area contributed by atoms with Crippen molar-refractivity contribution in [1.82, 2.24) is 15.2 Å². The standard InChI is InChI=1S/C11H20N4S/c1-9-7-15(5-4-12-9)8-10-6-13-11(16-10)14(2)3/h6,9,12H,4-5,7-8H2,1-3H3/t9-/m0/s1. The summed E-state index contributed by atoms with van der Waals surface area (Å²) in [4.78, 5) is 10.3. The molecule has 2 rings (SSSR count). The Labute approximate surface area is 101 Å². The highest BCUT2D eigenvalue weighted by molar-refractivity contribution is 7.15. The van der Waals surface area contributed by atoms with E-state index in [9.17, 15) is 0 Å². The minimum atomic E-state index is 0.606. The molecule has 1 aliphatic rings. The molecule has 0 aliphatic carbocycles. The lowest BCUT2D eigenvalue weighted by atomic mass is 10.2. The topological polar surface area (TPSA) is 31.4 Å². The Hall–Kier alpha value is -0.650. The SMILES string of the molecule is C[C@H]1CN(Cc2cnc(N(C)C)s2)CCN1. The quantitative estimate of drug-likeness (QED) is 0.854. The molecule has 16 heavy (non-hydrogen) atoms. The number of rotatable bonds is 3. The van der Waals surface area contributed by atoms with Crippen LogP contribution in [0.25, 0.3) is 0 Å². The van der Waals surface area contributed by atoms with Gasteiger partial charge in [-0.25, -0.2) is 4.98 Å². The van der Waals surface area contributed by atoms with Crippen molar-refractivity contribution < 1.29 is 0 Å². The molecule has 0 bridgehead atoms. The summed E-state index contributed by atoms with van der Waals surface area (Å²) >= 11 is 1.79. The number of hydrogen-bond donors (Lipinski definition) is 1. The minimum absolute atomic E-state index is 0.606. The molecule has 4 nitrogen and oxygen atoms in total. The molecule has 0 spiro atoms. The first kappa shape index (κ1) is 11.8. The number of aromatic nitrogens is 1. The van der Waals surface area contributed by atoms with E-state index in [-0.39, 0.29) is 0 Å². The third kappa shape index (κ3) is 2.93. The summed E-state index contributed by atoms with van der Waals surface area (Å²) in [7, 11) is 4.07. The molecule has 1 aromatic heterocycles. The first-order valence-corrected chi connectivity index (χ1v) is 6.54. The molecule has 1 aliphatic heterocycles. The van der Waals surface area contributed by atoms with Crippen LogP contribution in [0.2, 0.25) is 0 Å². The maximum atomic E-state index is 4.40. The van der Waals surface area contributed by atoms with Gasteiger partial charge in [0.05, 0.1) is 0 Å². The predicted octanol–water partition coefficient (Wildman–Crippen LogP) is 1.00. The van der Waals surface area contributed by atoms with Gasteiger partial charge in [-0.3, -0.25) is 4.90 Å². The molecular formula is C11H20N4S. The number of nitrogens with zero attached hydrogens (tertiary/aromatic N) is 3. The fraction of sp³-hybridized carbons (Fsp3) is 0.727. The zero-order valence-electron chi connectivity index (χ0n) is 10.2. The maximum absolute atomic E-state index is 4.40. The molecule has 5 heteroatoms. The summed E-state index contributed by atoms with van der Waals surface area (Å²) in [6.45, 7) is 6.65. The van der Waals surface area contributed by atoms with E-state index in [1.54, 1.807) is 11.3 Å². The van der Waals surface area contributed by atoms with Gasteiger partial charge in [-0.15, -0.1) is 11.3 Å². The molecule has 1 fully saturated rings. The van der Waals surface area contributed by atoms with Crippen molar-refractivity contribution in [3.8, 4) is 0 Å². The average molecular weight is 240 g/mol. The Morgan fingerprint density at radius 1 is 1.62 bits per heavy atom. The van der Waals surface area contributed by atoms with Gasteiger partial charge in [0.1, 0.15) is 0 Å². The maximum Gasteiger partial charge on any atom is 0.185 e. The van der Waals surface area contributed by atoms with Crippen LogP contribution in [0, 0.1) is 0 Å². The van der Waals surface area contributed by atoms with Crippen molar-refractivity contribution in [2.24, 2.45) is 0 Å². The molecule has 1 saturated heterocycles. The fourth-order valence-electron chi connectivity index (χ4n) is 1.95. The summed E-state index contributed by atoms with van der Waals surface area (Å²) < 4.78 is 0. The van der Waals surface area contributed by atoms with Crippen LogP contribution >= 0.6 is 11.3 Å². The summed E-state index contributed by atoms with van der Waals surface area (Å²) in [6.07, 6.45) is 2.01. The number of thiazole rings is 1. The van der Waals surface area contributed by atoms with Gasteiger partial charge in [-0.05, 0) is 6.92 Å². The fourth-order valence-corrected chi connectivity index (χ4v) is 2.83. The Bertz CT molecular complexity index is 336. The zero-order valence-corrected chi connectivity index (χ0v) is 11.0. The first-order chi connectivity index (χ1) is 7.65. The number of hydrogen-bond acceptors (Lipinski definition) is 5. The molecule has 0 radical (unpaired) electrons. The Morgan fingerprint density at radius 3 is 3.06 bits per heavy atom. The molecule has 1 aromatic rings. The van der Waals surface area contributed by atoms with Crippen LogP contribution in [0.3, 0.4) is 0 Å². The molecular weight excluding hydrogens is 220 g/mol. The van der Waals surface area contributed by atoms with Crippen LogP contribution in [0.5, 0.6) is 0 Å².